The quantitative estimate of drug-likeness (QED) is 0.844. The Labute approximate surface area is 113 Å². The summed E-state index contributed by atoms with van der Waals surface area (Å²) in [6, 6.07) is 7.61. The summed E-state index contributed by atoms with van der Waals surface area (Å²) < 4.78 is 5.43. The van der Waals surface area contributed by atoms with Gasteiger partial charge in [0.1, 0.15) is 17.3 Å². The average molecular weight is 258 g/mol. The molecule has 100 valence electrons. The number of carbonyl (C=O) groups is 1. The fraction of sp³-hybridized carbons (Fsp3) is 0.333. The second-order valence-corrected chi connectivity index (χ2v) is 4.64. The molecular formula is C15H18N2O2. The highest BCUT2D eigenvalue weighted by atomic mass is 16.5. The van der Waals surface area contributed by atoms with Crippen molar-refractivity contribution in [2.45, 2.75) is 20.8 Å². The molecule has 0 fully saturated rings. The van der Waals surface area contributed by atoms with Crippen LogP contribution in [-0.4, -0.2) is 18.3 Å². The topological polar surface area (TPSA) is 50.7 Å². The van der Waals surface area contributed by atoms with E-state index >= 15 is 0 Å². The summed E-state index contributed by atoms with van der Waals surface area (Å²) in [6.45, 7) is 6.56. The summed E-state index contributed by atoms with van der Waals surface area (Å²) in [5.41, 5.74) is 1.35. The van der Waals surface area contributed by atoms with Crippen LogP contribution in [0.1, 0.15) is 26.3 Å². The number of amides is 1. The third-order valence-electron chi connectivity index (χ3n) is 2.73. The molecular weight excluding hydrogens is 240 g/mol. The van der Waals surface area contributed by atoms with Gasteiger partial charge in [-0.25, -0.2) is 4.99 Å². The van der Waals surface area contributed by atoms with Gasteiger partial charge in [0.05, 0.1) is 6.61 Å². The lowest BCUT2D eigenvalue weighted by molar-refractivity contribution is -0.115. The normalized spacial score (nSPS) is 16.7. The van der Waals surface area contributed by atoms with Gasteiger partial charge in [-0.05, 0) is 30.7 Å². The van der Waals surface area contributed by atoms with Crippen LogP contribution >= 0.6 is 0 Å². The summed E-state index contributed by atoms with van der Waals surface area (Å²) in [4.78, 5) is 16.1. The third-order valence-corrected chi connectivity index (χ3v) is 2.73. The largest absolute Gasteiger partial charge is 0.494 e. The molecule has 2 rings (SSSR count). The Kier molecular flexibility index (Phi) is 4.00. The van der Waals surface area contributed by atoms with Crippen molar-refractivity contribution in [3.63, 3.8) is 0 Å². The minimum Gasteiger partial charge on any atom is -0.494 e. The van der Waals surface area contributed by atoms with E-state index in [1.54, 1.807) is 6.08 Å². The zero-order valence-corrected chi connectivity index (χ0v) is 11.4. The lowest BCUT2D eigenvalue weighted by Gasteiger charge is -2.03. The number of rotatable bonds is 4. The van der Waals surface area contributed by atoms with E-state index in [4.69, 9.17) is 4.74 Å². The number of hydrogen-bond acceptors (Lipinski definition) is 3. The van der Waals surface area contributed by atoms with Crippen molar-refractivity contribution in [1.29, 1.82) is 0 Å². The first kappa shape index (κ1) is 13.3. The molecule has 0 radical (unpaired) electrons. The van der Waals surface area contributed by atoms with Crippen LogP contribution in [0.25, 0.3) is 6.08 Å². The van der Waals surface area contributed by atoms with Gasteiger partial charge < -0.3 is 10.1 Å². The molecule has 19 heavy (non-hydrogen) atoms. The van der Waals surface area contributed by atoms with E-state index in [2.05, 4.69) is 10.3 Å². The molecule has 1 aromatic carbocycles. The monoisotopic (exact) mass is 258 g/mol. The first-order valence-electron chi connectivity index (χ1n) is 6.44. The predicted molar refractivity (Wildman–Crippen MR) is 76.0 cm³/mol. The molecule has 0 saturated carbocycles. The standard InChI is InChI=1S/C15H18N2O2/c1-4-19-12-7-5-6-11(8-12)9-13-15(18)17-14(16-13)10(2)3/h5-10H,4H2,1-3H3,(H,16,17,18)/b13-9+. The van der Waals surface area contributed by atoms with Gasteiger partial charge in [-0.15, -0.1) is 0 Å². The fourth-order valence-electron chi connectivity index (χ4n) is 1.78. The van der Waals surface area contributed by atoms with E-state index < -0.39 is 0 Å². The zero-order chi connectivity index (χ0) is 13.8. The molecule has 0 spiro atoms. The second-order valence-electron chi connectivity index (χ2n) is 4.64. The summed E-state index contributed by atoms with van der Waals surface area (Å²) in [5.74, 6) is 1.58. The summed E-state index contributed by atoms with van der Waals surface area (Å²) in [6.07, 6.45) is 1.77. The van der Waals surface area contributed by atoms with Crippen molar-refractivity contribution in [2.24, 2.45) is 10.9 Å². The summed E-state index contributed by atoms with van der Waals surface area (Å²) >= 11 is 0. The first-order chi connectivity index (χ1) is 9.10. The molecule has 1 N–H and O–H groups in total. The van der Waals surface area contributed by atoms with Crippen LogP contribution in [-0.2, 0) is 4.79 Å². The second kappa shape index (κ2) is 5.69. The van der Waals surface area contributed by atoms with Crippen LogP contribution < -0.4 is 10.1 Å². The van der Waals surface area contributed by atoms with Gasteiger partial charge in [-0.1, -0.05) is 26.0 Å². The van der Waals surface area contributed by atoms with Gasteiger partial charge in [0, 0.05) is 5.92 Å². The van der Waals surface area contributed by atoms with Crippen molar-refractivity contribution >= 4 is 17.8 Å². The van der Waals surface area contributed by atoms with E-state index in [0.29, 0.717) is 12.3 Å². The van der Waals surface area contributed by atoms with Crippen LogP contribution in [0.2, 0.25) is 0 Å². The molecule has 4 heteroatoms. The number of hydrogen-bond donors (Lipinski definition) is 1. The molecule has 1 aromatic rings. The average Bonchev–Trinajstić information content (AvgIpc) is 2.72. The van der Waals surface area contributed by atoms with Gasteiger partial charge in [0.15, 0.2) is 0 Å². The maximum Gasteiger partial charge on any atom is 0.275 e. The zero-order valence-electron chi connectivity index (χ0n) is 11.4. The Hall–Kier alpha value is -2.10. The lowest BCUT2D eigenvalue weighted by atomic mass is 10.2. The molecule has 0 atom stereocenters. The van der Waals surface area contributed by atoms with Gasteiger partial charge in [0.2, 0.25) is 0 Å². The van der Waals surface area contributed by atoms with E-state index in [1.165, 1.54) is 0 Å². The molecule has 1 aliphatic heterocycles. The molecule has 1 aliphatic rings. The predicted octanol–water partition coefficient (Wildman–Crippen LogP) is 2.61. The molecule has 1 heterocycles. The van der Waals surface area contributed by atoms with Crippen molar-refractivity contribution in [1.82, 2.24) is 5.32 Å². The minimum atomic E-state index is -0.148. The number of carbonyl (C=O) groups excluding carboxylic acids is 1. The number of ether oxygens (including phenoxy) is 1. The van der Waals surface area contributed by atoms with Crippen molar-refractivity contribution < 1.29 is 9.53 Å². The number of nitrogens with one attached hydrogen (secondary N) is 1. The molecule has 0 bridgehead atoms. The Morgan fingerprint density at radius 3 is 2.84 bits per heavy atom. The lowest BCUT2D eigenvalue weighted by Crippen LogP contribution is -2.27. The van der Waals surface area contributed by atoms with Gasteiger partial charge >= 0.3 is 0 Å². The van der Waals surface area contributed by atoms with Gasteiger partial charge in [-0.3, -0.25) is 4.79 Å². The van der Waals surface area contributed by atoms with Crippen LogP contribution in [0.4, 0.5) is 0 Å². The Morgan fingerprint density at radius 1 is 1.42 bits per heavy atom. The van der Waals surface area contributed by atoms with E-state index in [0.717, 1.165) is 17.1 Å². The van der Waals surface area contributed by atoms with Crippen LogP contribution in [0.3, 0.4) is 0 Å². The fourth-order valence-corrected chi connectivity index (χ4v) is 1.78. The van der Waals surface area contributed by atoms with E-state index in [-0.39, 0.29) is 11.8 Å². The number of amidine groups is 1. The van der Waals surface area contributed by atoms with Crippen molar-refractivity contribution in [3.05, 3.63) is 35.5 Å². The summed E-state index contributed by atoms with van der Waals surface area (Å²) in [7, 11) is 0. The number of aliphatic imine (C=N–C) groups is 1. The maximum absolute atomic E-state index is 11.8. The molecule has 0 unspecified atom stereocenters. The van der Waals surface area contributed by atoms with Crippen LogP contribution in [0.5, 0.6) is 5.75 Å². The van der Waals surface area contributed by atoms with Crippen molar-refractivity contribution in [2.75, 3.05) is 6.61 Å². The van der Waals surface area contributed by atoms with Gasteiger partial charge in [-0.2, -0.15) is 0 Å². The summed E-state index contributed by atoms with van der Waals surface area (Å²) in [5, 5.41) is 2.77. The molecule has 0 aromatic heterocycles. The number of nitrogens with zero attached hydrogens (tertiary/aromatic N) is 1. The molecule has 0 saturated heterocycles. The highest BCUT2D eigenvalue weighted by Gasteiger charge is 2.21. The molecule has 1 amide bonds. The maximum atomic E-state index is 11.8. The smallest absolute Gasteiger partial charge is 0.275 e. The first-order valence-corrected chi connectivity index (χ1v) is 6.44. The minimum absolute atomic E-state index is 0.148. The Morgan fingerprint density at radius 2 is 2.21 bits per heavy atom. The third kappa shape index (κ3) is 3.22. The van der Waals surface area contributed by atoms with E-state index in [1.807, 2.05) is 45.0 Å². The molecule has 4 nitrogen and oxygen atoms in total. The van der Waals surface area contributed by atoms with Crippen LogP contribution in [0, 0.1) is 5.92 Å². The Bertz CT molecular complexity index is 545. The van der Waals surface area contributed by atoms with Crippen LogP contribution in [0.15, 0.2) is 35.0 Å². The molecule has 0 aliphatic carbocycles. The Balaban J connectivity index is 2.26. The number of benzene rings is 1. The highest BCUT2D eigenvalue weighted by Crippen LogP contribution is 2.18. The van der Waals surface area contributed by atoms with E-state index in [9.17, 15) is 4.79 Å². The van der Waals surface area contributed by atoms with Crippen molar-refractivity contribution in [3.8, 4) is 5.75 Å². The SMILES string of the molecule is CCOc1cccc(/C=C2/N=C(C(C)C)NC2=O)c1. The van der Waals surface area contributed by atoms with Gasteiger partial charge in [0.25, 0.3) is 5.91 Å². The highest BCUT2D eigenvalue weighted by molar-refractivity contribution is 6.14.